The molecule has 2 aliphatic heterocycles. The van der Waals surface area contributed by atoms with Crippen LogP contribution >= 0.6 is 0 Å². The number of nitrogens with two attached hydrogens (primary N) is 1. The summed E-state index contributed by atoms with van der Waals surface area (Å²) in [5.74, 6) is 8.05. The van der Waals surface area contributed by atoms with Crippen LogP contribution in [-0.2, 0) is 4.79 Å². The number of fused-ring (bicyclic) bond motifs is 1. The Hall–Kier alpha value is -4.07. The van der Waals surface area contributed by atoms with E-state index >= 15 is 0 Å². The van der Waals surface area contributed by atoms with E-state index in [0.717, 1.165) is 43.6 Å². The molecule has 10 heteroatoms. The molecule has 198 valence electrons. The number of carbonyl (C=O) groups excluding carboxylic acids is 1. The van der Waals surface area contributed by atoms with Crippen LogP contribution in [0.3, 0.4) is 0 Å². The molecule has 0 atom stereocenters. The van der Waals surface area contributed by atoms with Crippen molar-refractivity contribution >= 4 is 22.8 Å². The molecule has 4 heterocycles. The van der Waals surface area contributed by atoms with E-state index in [4.69, 9.17) is 15.2 Å². The fraction of sp³-hybridized carbons (Fsp3) is 0.393. The molecule has 2 aromatic heterocycles. The first-order chi connectivity index (χ1) is 18.4. The number of anilines is 1. The summed E-state index contributed by atoms with van der Waals surface area (Å²) in [6, 6.07) is 5.54. The average molecular weight is 517 g/mol. The van der Waals surface area contributed by atoms with Crippen LogP contribution < -0.4 is 15.2 Å². The molecule has 0 unspecified atom stereocenters. The lowest BCUT2D eigenvalue weighted by atomic mass is 10.1. The summed E-state index contributed by atoms with van der Waals surface area (Å²) in [5, 5.41) is 10.3. The number of nitrogens with zero attached hydrogens (tertiary/aromatic N) is 5. The van der Waals surface area contributed by atoms with E-state index < -0.39 is 0 Å². The summed E-state index contributed by atoms with van der Waals surface area (Å²) in [6.45, 7) is 3.58. The molecule has 0 radical (unpaired) electrons. The van der Waals surface area contributed by atoms with Crippen LogP contribution in [0.15, 0.2) is 42.9 Å². The van der Waals surface area contributed by atoms with Crippen molar-refractivity contribution in [2.24, 2.45) is 0 Å². The van der Waals surface area contributed by atoms with E-state index in [-0.39, 0.29) is 18.1 Å². The Kier molecular flexibility index (Phi) is 7.49. The van der Waals surface area contributed by atoms with Gasteiger partial charge in [0.2, 0.25) is 5.91 Å². The molecule has 1 amide bonds. The molecule has 0 bridgehead atoms. The number of hydrogen-bond donors (Lipinski definition) is 2. The summed E-state index contributed by atoms with van der Waals surface area (Å²) in [4.78, 5) is 25.4. The Morgan fingerprint density at radius 2 is 1.84 bits per heavy atom. The Morgan fingerprint density at radius 1 is 1.13 bits per heavy atom. The van der Waals surface area contributed by atoms with Crippen molar-refractivity contribution in [1.29, 1.82) is 0 Å². The second kappa shape index (κ2) is 11.1. The smallest absolute Gasteiger partial charge is 0.246 e. The number of aliphatic hydroxyl groups is 1. The van der Waals surface area contributed by atoms with E-state index in [1.165, 1.54) is 6.33 Å². The highest BCUT2D eigenvalue weighted by atomic mass is 16.5. The van der Waals surface area contributed by atoms with Crippen LogP contribution in [0.1, 0.15) is 30.0 Å². The van der Waals surface area contributed by atoms with Gasteiger partial charge in [-0.05, 0) is 25.0 Å². The van der Waals surface area contributed by atoms with Gasteiger partial charge in [-0.25, -0.2) is 9.97 Å². The Balaban J connectivity index is 1.29. The van der Waals surface area contributed by atoms with Crippen LogP contribution in [-0.4, -0.2) is 88.4 Å². The van der Waals surface area contributed by atoms with Gasteiger partial charge in [0, 0.05) is 56.6 Å². The zero-order valence-electron chi connectivity index (χ0n) is 21.6. The number of amides is 1. The first-order valence-electron chi connectivity index (χ1n) is 12.7. The largest absolute Gasteiger partial charge is 0.497 e. The highest BCUT2D eigenvalue weighted by Gasteiger charge is 2.32. The van der Waals surface area contributed by atoms with E-state index in [0.29, 0.717) is 41.4 Å². The minimum absolute atomic E-state index is 0.00381. The molecule has 38 heavy (non-hydrogen) atoms. The number of methoxy groups -OCH3 is 2. The van der Waals surface area contributed by atoms with Crippen LogP contribution in [0, 0.1) is 11.8 Å². The molecule has 2 fully saturated rings. The van der Waals surface area contributed by atoms with Gasteiger partial charge in [-0.3, -0.25) is 9.69 Å². The fourth-order valence-electron chi connectivity index (χ4n) is 4.82. The molecule has 10 nitrogen and oxygen atoms in total. The van der Waals surface area contributed by atoms with Crippen molar-refractivity contribution in [3.8, 4) is 23.3 Å². The van der Waals surface area contributed by atoms with Gasteiger partial charge in [-0.1, -0.05) is 17.9 Å². The summed E-state index contributed by atoms with van der Waals surface area (Å²) >= 11 is 0. The number of aromatic nitrogens is 3. The molecule has 5 rings (SSSR count). The maximum absolute atomic E-state index is 12.7. The number of nitrogen functional groups attached to an aromatic ring is 1. The predicted molar refractivity (Wildman–Crippen MR) is 144 cm³/mol. The molecular weight excluding hydrogens is 484 g/mol. The molecule has 0 spiro atoms. The first-order valence-corrected chi connectivity index (χ1v) is 12.7. The Labute approximate surface area is 221 Å². The summed E-state index contributed by atoms with van der Waals surface area (Å²) in [6.07, 6.45) is 8.32. The lowest BCUT2D eigenvalue weighted by Crippen LogP contribution is -2.50. The van der Waals surface area contributed by atoms with Gasteiger partial charge in [0.05, 0.1) is 37.3 Å². The third-order valence-electron chi connectivity index (χ3n) is 7.08. The third-order valence-corrected chi connectivity index (χ3v) is 7.08. The summed E-state index contributed by atoms with van der Waals surface area (Å²) in [5.41, 5.74) is 8.38. The number of rotatable bonds is 6. The van der Waals surface area contributed by atoms with Gasteiger partial charge in [-0.2, -0.15) is 0 Å². The molecule has 2 saturated heterocycles. The molecule has 1 aromatic carbocycles. The molecule has 0 aliphatic carbocycles. The molecule has 3 N–H and O–H groups in total. The minimum atomic E-state index is -0.197. The first kappa shape index (κ1) is 25.6. The Morgan fingerprint density at radius 3 is 2.53 bits per heavy atom. The van der Waals surface area contributed by atoms with Gasteiger partial charge in [0.15, 0.2) is 0 Å². The lowest BCUT2D eigenvalue weighted by molar-refractivity contribution is -0.131. The zero-order chi connectivity index (χ0) is 26.6. The summed E-state index contributed by atoms with van der Waals surface area (Å²) < 4.78 is 12.7. The van der Waals surface area contributed by atoms with Gasteiger partial charge in [-0.15, -0.1) is 0 Å². The number of piperidine rings is 1. The van der Waals surface area contributed by atoms with Gasteiger partial charge >= 0.3 is 0 Å². The van der Waals surface area contributed by atoms with Crippen molar-refractivity contribution < 1.29 is 19.4 Å². The minimum Gasteiger partial charge on any atom is -0.497 e. The van der Waals surface area contributed by atoms with E-state index in [9.17, 15) is 9.90 Å². The van der Waals surface area contributed by atoms with Crippen molar-refractivity contribution in [3.63, 3.8) is 0 Å². The summed E-state index contributed by atoms with van der Waals surface area (Å²) in [7, 11) is 3.20. The molecule has 2 aliphatic rings. The number of likely N-dealkylation sites (tertiary alicyclic amines) is 2. The topological polar surface area (TPSA) is 119 Å². The third kappa shape index (κ3) is 5.44. The van der Waals surface area contributed by atoms with Crippen molar-refractivity contribution in [3.05, 3.63) is 54.0 Å². The van der Waals surface area contributed by atoms with E-state index in [1.54, 1.807) is 26.4 Å². The predicted octanol–water partition coefficient (Wildman–Crippen LogP) is 1.83. The highest BCUT2D eigenvalue weighted by molar-refractivity contribution is 5.93. The monoisotopic (exact) mass is 516 g/mol. The maximum Gasteiger partial charge on any atom is 0.246 e. The zero-order valence-corrected chi connectivity index (χ0v) is 21.6. The second-order valence-corrected chi connectivity index (χ2v) is 9.59. The van der Waals surface area contributed by atoms with Crippen LogP contribution in [0.4, 0.5) is 5.82 Å². The normalized spacial score (nSPS) is 16.9. The number of carbonyl (C=O) groups is 1. The SMILES string of the molecule is COc1cc(C#Cc2cn(C3CN(C(=O)C=CCN4CCC(O)CC4)C3)c3ncnc(N)c23)cc(OC)c1. The number of hydrogen-bond acceptors (Lipinski definition) is 8. The molecule has 3 aromatic rings. The van der Waals surface area contributed by atoms with Crippen molar-refractivity contribution in [2.75, 3.05) is 52.7 Å². The number of benzene rings is 1. The number of ether oxygens (including phenoxy) is 2. The standard InChI is InChI=1S/C28H32N6O4/c1-37-23-12-19(13-24(14-23)38-2)5-6-20-15-34(28-26(20)27(29)30-18-31-28)21-16-33(17-21)25(36)4-3-9-32-10-7-22(35)8-11-32/h3-4,12-15,18,21-22,35H,7-11,16-17H2,1-2H3,(H2,29,30,31). The maximum atomic E-state index is 12.7. The van der Waals surface area contributed by atoms with Crippen LogP contribution in [0.25, 0.3) is 11.0 Å². The highest BCUT2D eigenvalue weighted by Crippen LogP contribution is 2.31. The van der Waals surface area contributed by atoms with Gasteiger partial charge < -0.3 is 29.8 Å². The quantitative estimate of drug-likeness (QED) is 0.376. The van der Waals surface area contributed by atoms with E-state index in [2.05, 4.69) is 26.7 Å². The number of aliphatic hydroxyl groups excluding tert-OH is 1. The lowest BCUT2D eigenvalue weighted by Gasteiger charge is -2.39. The van der Waals surface area contributed by atoms with Crippen molar-refractivity contribution in [2.45, 2.75) is 25.0 Å². The second-order valence-electron chi connectivity index (χ2n) is 9.59. The van der Waals surface area contributed by atoms with Gasteiger partial charge in [0.1, 0.15) is 29.3 Å². The van der Waals surface area contributed by atoms with Gasteiger partial charge in [0.25, 0.3) is 0 Å². The fourth-order valence-corrected chi connectivity index (χ4v) is 4.82. The molecule has 0 saturated carbocycles. The Bertz CT molecular complexity index is 1390. The molecular formula is C28H32N6O4. The van der Waals surface area contributed by atoms with E-state index in [1.807, 2.05) is 33.9 Å². The van der Waals surface area contributed by atoms with Crippen LogP contribution in [0.5, 0.6) is 11.5 Å². The van der Waals surface area contributed by atoms with Crippen LogP contribution in [0.2, 0.25) is 0 Å². The average Bonchev–Trinajstić information content (AvgIpc) is 3.27. The van der Waals surface area contributed by atoms with Crippen molar-refractivity contribution in [1.82, 2.24) is 24.3 Å².